The molecular formula is C18H16FN3O6. The summed E-state index contributed by atoms with van der Waals surface area (Å²) in [5.41, 5.74) is -0.0429. The lowest BCUT2D eigenvalue weighted by molar-refractivity contribution is -0.385. The second-order valence-corrected chi connectivity index (χ2v) is 5.64. The molecule has 0 saturated carbocycles. The van der Waals surface area contributed by atoms with Crippen LogP contribution in [-0.4, -0.2) is 35.9 Å². The van der Waals surface area contributed by atoms with Crippen molar-refractivity contribution in [2.45, 2.75) is 6.92 Å². The van der Waals surface area contributed by atoms with Crippen LogP contribution in [0.1, 0.15) is 15.9 Å². The minimum atomic E-state index is -1.03. The molecule has 10 heteroatoms. The summed E-state index contributed by atoms with van der Waals surface area (Å²) in [6.45, 7) is 0.355. The zero-order chi connectivity index (χ0) is 20.7. The predicted molar refractivity (Wildman–Crippen MR) is 96.2 cm³/mol. The molecule has 0 saturated heterocycles. The highest BCUT2D eigenvalue weighted by Gasteiger charge is 2.24. The van der Waals surface area contributed by atoms with Crippen molar-refractivity contribution >= 4 is 29.2 Å². The molecule has 28 heavy (non-hydrogen) atoms. The Morgan fingerprint density at radius 1 is 1.11 bits per heavy atom. The van der Waals surface area contributed by atoms with E-state index in [0.29, 0.717) is 5.69 Å². The van der Waals surface area contributed by atoms with Gasteiger partial charge in [0.1, 0.15) is 11.4 Å². The summed E-state index contributed by atoms with van der Waals surface area (Å²) < 4.78 is 17.6. The number of amides is 2. The van der Waals surface area contributed by atoms with Crippen LogP contribution in [0.2, 0.25) is 0 Å². The first-order valence-corrected chi connectivity index (χ1v) is 8.01. The van der Waals surface area contributed by atoms with Gasteiger partial charge in [-0.3, -0.25) is 19.7 Å². The monoisotopic (exact) mass is 389 g/mol. The van der Waals surface area contributed by atoms with Gasteiger partial charge in [0.2, 0.25) is 5.91 Å². The zero-order valence-electron chi connectivity index (χ0n) is 14.7. The number of hydrogen-bond donors (Lipinski definition) is 2. The van der Waals surface area contributed by atoms with E-state index in [-0.39, 0.29) is 11.1 Å². The van der Waals surface area contributed by atoms with E-state index in [1.165, 1.54) is 37.3 Å². The van der Waals surface area contributed by atoms with Gasteiger partial charge in [0.25, 0.3) is 11.6 Å². The molecule has 0 heterocycles. The summed E-state index contributed by atoms with van der Waals surface area (Å²) in [4.78, 5) is 45.8. The molecule has 0 aliphatic heterocycles. The van der Waals surface area contributed by atoms with Crippen molar-refractivity contribution in [3.63, 3.8) is 0 Å². The van der Waals surface area contributed by atoms with Crippen molar-refractivity contribution in [1.29, 1.82) is 0 Å². The zero-order valence-corrected chi connectivity index (χ0v) is 14.7. The molecule has 0 fully saturated rings. The SMILES string of the molecule is Cc1cccc(C(=O)OCC(=O)NCC(=O)Nc2ccc(F)cc2)c1[N+](=O)[O-]. The second-order valence-electron chi connectivity index (χ2n) is 5.64. The Kier molecular flexibility index (Phi) is 6.74. The average Bonchev–Trinajstić information content (AvgIpc) is 2.65. The molecule has 9 nitrogen and oxygen atoms in total. The Hall–Kier alpha value is -3.82. The second kappa shape index (κ2) is 9.21. The molecule has 2 rings (SSSR count). The molecule has 2 aromatic carbocycles. The lowest BCUT2D eigenvalue weighted by atomic mass is 10.1. The predicted octanol–water partition coefficient (Wildman–Crippen LogP) is 1.95. The van der Waals surface area contributed by atoms with E-state index in [1.54, 1.807) is 0 Å². The summed E-state index contributed by atoms with van der Waals surface area (Å²) in [5.74, 6) is -2.82. The van der Waals surface area contributed by atoms with Crippen molar-refractivity contribution in [2.24, 2.45) is 0 Å². The molecule has 0 atom stereocenters. The number of ether oxygens (including phenoxy) is 1. The standard InChI is InChI=1S/C18H16FN3O6/c1-11-3-2-4-14(17(11)22(26)27)18(25)28-10-16(24)20-9-15(23)21-13-7-5-12(19)6-8-13/h2-8H,9-10H2,1H3,(H,20,24)(H,21,23). The van der Waals surface area contributed by atoms with Gasteiger partial charge in [-0.25, -0.2) is 9.18 Å². The Balaban J connectivity index is 1.83. The number of anilines is 1. The third-order valence-corrected chi connectivity index (χ3v) is 3.55. The summed E-state index contributed by atoms with van der Waals surface area (Å²) in [6, 6.07) is 9.19. The van der Waals surface area contributed by atoms with Crippen LogP contribution in [0.3, 0.4) is 0 Å². The van der Waals surface area contributed by atoms with E-state index in [4.69, 9.17) is 4.74 Å². The van der Waals surface area contributed by atoms with E-state index >= 15 is 0 Å². The minimum absolute atomic E-state index is 0.271. The number of halogens is 1. The van der Waals surface area contributed by atoms with E-state index in [2.05, 4.69) is 10.6 Å². The van der Waals surface area contributed by atoms with Crippen LogP contribution in [-0.2, 0) is 14.3 Å². The van der Waals surface area contributed by atoms with Crippen molar-refractivity contribution in [3.05, 3.63) is 69.5 Å². The van der Waals surface area contributed by atoms with Crippen molar-refractivity contribution in [3.8, 4) is 0 Å². The highest BCUT2D eigenvalue weighted by Crippen LogP contribution is 2.23. The fourth-order valence-corrected chi connectivity index (χ4v) is 2.24. The number of rotatable bonds is 7. The Labute approximate surface area is 158 Å². The van der Waals surface area contributed by atoms with E-state index < -0.39 is 47.4 Å². The number of nitro benzene ring substituents is 1. The van der Waals surface area contributed by atoms with Gasteiger partial charge in [0.05, 0.1) is 11.5 Å². The van der Waals surface area contributed by atoms with Crippen LogP contribution in [0.4, 0.5) is 15.8 Å². The average molecular weight is 389 g/mol. The van der Waals surface area contributed by atoms with Gasteiger partial charge in [-0.15, -0.1) is 0 Å². The van der Waals surface area contributed by atoms with Crippen LogP contribution in [0.5, 0.6) is 0 Å². The normalized spacial score (nSPS) is 10.1. The number of nitrogens with zero attached hydrogens (tertiary/aromatic N) is 1. The fourth-order valence-electron chi connectivity index (χ4n) is 2.24. The van der Waals surface area contributed by atoms with Crippen LogP contribution in [0.15, 0.2) is 42.5 Å². The van der Waals surface area contributed by atoms with Crippen LogP contribution in [0, 0.1) is 22.9 Å². The van der Waals surface area contributed by atoms with Crippen LogP contribution < -0.4 is 10.6 Å². The number of aryl methyl sites for hydroxylation is 1. The van der Waals surface area contributed by atoms with Gasteiger partial charge >= 0.3 is 5.97 Å². The number of esters is 1. The van der Waals surface area contributed by atoms with Gasteiger partial charge in [0, 0.05) is 11.3 Å². The minimum Gasteiger partial charge on any atom is -0.452 e. The molecule has 0 radical (unpaired) electrons. The van der Waals surface area contributed by atoms with Gasteiger partial charge in [0.15, 0.2) is 6.61 Å². The first-order valence-electron chi connectivity index (χ1n) is 8.01. The molecule has 146 valence electrons. The molecule has 0 bridgehead atoms. The third kappa shape index (κ3) is 5.59. The lowest BCUT2D eigenvalue weighted by Gasteiger charge is -2.08. The summed E-state index contributed by atoms with van der Waals surface area (Å²) in [7, 11) is 0. The smallest absolute Gasteiger partial charge is 0.345 e. The van der Waals surface area contributed by atoms with Gasteiger partial charge < -0.3 is 15.4 Å². The number of hydrogen-bond acceptors (Lipinski definition) is 6. The maximum atomic E-state index is 12.8. The molecule has 0 spiro atoms. The molecular weight excluding hydrogens is 373 g/mol. The molecule has 0 aliphatic carbocycles. The number of nitro groups is 1. The summed E-state index contributed by atoms with van der Waals surface area (Å²) in [5, 5.41) is 15.8. The summed E-state index contributed by atoms with van der Waals surface area (Å²) in [6.07, 6.45) is 0. The highest BCUT2D eigenvalue weighted by molar-refractivity contribution is 5.97. The largest absolute Gasteiger partial charge is 0.452 e. The number of carbonyl (C=O) groups excluding carboxylic acids is 3. The van der Waals surface area contributed by atoms with Gasteiger partial charge in [-0.05, 0) is 37.3 Å². The number of para-hydroxylation sites is 1. The Morgan fingerprint density at radius 3 is 2.43 bits per heavy atom. The molecule has 0 aliphatic rings. The third-order valence-electron chi connectivity index (χ3n) is 3.55. The maximum Gasteiger partial charge on any atom is 0.345 e. The van der Waals surface area contributed by atoms with Gasteiger partial charge in [-0.2, -0.15) is 0 Å². The molecule has 2 amide bonds. The van der Waals surface area contributed by atoms with Crippen molar-refractivity contribution in [2.75, 3.05) is 18.5 Å². The van der Waals surface area contributed by atoms with Gasteiger partial charge in [-0.1, -0.05) is 12.1 Å². The lowest BCUT2D eigenvalue weighted by Crippen LogP contribution is -2.35. The first-order chi connectivity index (χ1) is 13.3. The molecule has 2 N–H and O–H groups in total. The number of benzene rings is 2. The van der Waals surface area contributed by atoms with Crippen molar-refractivity contribution < 1.29 is 28.4 Å². The first kappa shape index (κ1) is 20.5. The quantitative estimate of drug-likeness (QED) is 0.423. The Morgan fingerprint density at radius 2 is 1.79 bits per heavy atom. The molecule has 0 unspecified atom stereocenters. The van der Waals surface area contributed by atoms with E-state index in [0.717, 1.165) is 12.1 Å². The summed E-state index contributed by atoms with van der Waals surface area (Å²) >= 11 is 0. The topological polar surface area (TPSA) is 128 Å². The van der Waals surface area contributed by atoms with Crippen LogP contribution >= 0.6 is 0 Å². The molecule has 2 aromatic rings. The van der Waals surface area contributed by atoms with Crippen LogP contribution in [0.25, 0.3) is 0 Å². The number of nitrogens with one attached hydrogen (secondary N) is 2. The van der Waals surface area contributed by atoms with E-state index in [9.17, 15) is 28.9 Å². The van der Waals surface area contributed by atoms with E-state index in [1.807, 2.05) is 0 Å². The fraction of sp³-hybridized carbons (Fsp3) is 0.167. The molecule has 0 aromatic heterocycles. The Bertz CT molecular complexity index is 914. The highest BCUT2D eigenvalue weighted by atomic mass is 19.1. The van der Waals surface area contributed by atoms with Crippen molar-refractivity contribution in [1.82, 2.24) is 5.32 Å². The maximum absolute atomic E-state index is 12.8. The number of carbonyl (C=O) groups is 3.